The summed E-state index contributed by atoms with van der Waals surface area (Å²) in [5, 5.41) is 1.10. The van der Waals surface area contributed by atoms with Crippen molar-refractivity contribution >= 4 is 23.0 Å². The van der Waals surface area contributed by atoms with Crippen molar-refractivity contribution in [2.45, 2.75) is 18.9 Å². The SMILES string of the molecule is O=C1CCC(N=Cc2ccccc2)c2cc3ccccc3n21. The molecule has 108 valence electrons. The second-order valence-corrected chi connectivity index (χ2v) is 5.60. The van der Waals surface area contributed by atoms with Crippen LogP contribution < -0.4 is 0 Å². The fourth-order valence-electron chi connectivity index (χ4n) is 3.09. The quantitative estimate of drug-likeness (QED) is 0.650. The summed E-state index contributed by atoms with van der Waals surface area (Å²) in [4.78, 5) is 17.0. The lowest BCUT2D eigenvalue weighted by Gasteiger charge is -2.21. The molecule has 0 saturated heterocycles. The van der Waals surface area contributed by atoms with Gasteiger partial charge >= 0.3 is 0 Å². The number of para-hydroxylation sites is 1. The van der Waals surface area contributed by atoms with E-state index in [0.717, 1.165) is 28.6 Å². The van der Waals surface area contributed by atoms with Crippen molar-refractivity contribution in [2.75, 3.05) is 0 Å². The third-order valence-corrected chi connectivity index (χ3v) is 4.16. The zero-order chi connectivity index (χ0) is 14.9. The van der Waals surface area contributed by atoms with Crippen molar-refractivity contribution in [3.8, 4) is 0 Å². The molecule has 3 aromatic rings. The van der Waals surface area contributed by atoms with Gasteiger partial charge in [0.05, 0.1) is 17.3 Å². The van der Waals surface area contributed by atoms with E-state index in [9.17, 15) is 4.79 Å². The van der Waals surface area contributed by atoms with Crippen LogP contribution in [0.3, 0.4) is 0 Å². The molecule has 0 radical (unpaired) electrons. The molecule has 1 aliphatic rings. The highest BCUT2D eigenvalue weighted by Gasteiger charge is 2.26. The number of carbonyl (C=O) groups excluding carboxylic acids is 1. The highest BCUT2D eigenvalue weighted by Crippen LogP contribution is 2.33. The molecule has 0 spiro atoms. The standard InChI is InChI=1S/C19H16N2O/c22-19-11-10-16(20-13-14-6-2-1-3-7-14)18-12-15-8-4-5-9-17(15)21(18)19/h1-9,12-13,16H,10-11H2. The maximum atomic E-state index is 12.3. The molecular formula is C19H16N2O. The molecule has 0 fully saturated rings. The molecule has 0 bridgehead atoms. The van der Waals surface area contributed by atoms with Gasteiger partial charge in [-0.1, -0.05) is 48.5 Å². The van der Waals surface area contributed by atoms with Crippen LogP contribution in [0.25, 0.3) is 10.9 Å². The minimum Gasteiger partial charge on any atom is -0.283 e. The van der Waals surface area contributed by atoms with Crippen LogP contribution in [0.2, 0.25) is 0 Å². The van der Waals surface area contributed by atoms with Gasteiger partial charge < -0.3 is 0 Å². The highest BCUT2D eigenvalue weighted by molar-refractivity contribution is 5.95. The first-order chi connectivity index (χ1) is 10.8. The van der Waals surface area contributed by atoms with Crippen molar-refractivity contribution in [3.63, 3.8) is 0 Å². The fourth-order valence-corrected chi connectivity index (χ4v) is 3.09. The Morgan fingerprint density at radius 3 is 2.68 bits per heavy atom. The number of aromatic nitrogens is 1. The Morgan fingerprint density at radius 1 is 1.05 bits per heavy atom. The Balaban J connectivity index is 1.77. The molecule has 0 saturated carbocycles. The first-order valence-electron chi connectivity index (χ1n) is 7.55. The summed E-state index contributed by atoms with van der Waals surface area (Å²) < 4.78 is 1.84. The van der Waals surface area contributed by atoms with Gasteiger partial charge in [0.2, 0.25) is 5.91 Å². The lowest BCUT2D eigenvalue weighted by molar-refractivity contribution is 0.0882. The molecule has 3 nitrogen and oxygen atoms in total. The number of rotatable bonds is 2. The topological polar surface area (TPSA) is 34.4 Å². The predicted octanol–water partition coefficient (Wildman–Crippen LogP) is 4.24. The second-order valence-electron chi connectivity index (χ2n) is 5.60. The van der Waals surface area contributed by atoms with E-state index >= 15 is 0 Å². The zero-order valence-corrected chi connectivity index (χ0v) is 12.1. The number of nitrogens with zero attached hydrogens (tertiary/aromatic N) is 2. The molecule has 0 amide bonds. The lowest BCUT2D eigenvalue weighted by Crippen LogP contribution is -2.21. The van der Waals surface area contributed by atoms with Crippen LogP contribution in [0, 0.1) is 0 Å². The molecule has 2 aromatic carbocycles. The van der Waals surface area contributed by atoms with Crippen LogP contribution in [0.5, 0.6) is 0 Å². The number of hydrogen-bond acceptors (Lipinski definition) is 2. The average molecular weight is 288 g/mol. The zero-order valence-electron chi connectivity index (χ0n) is 12.1. The number of benzene rings is 2. The summed E-state index contributed by atoms with van der Waals surface area (Å²) >= 11 is 0. The van der Waals surface area contributed by atoms with Gasteiger partial charge in [-0.15, -0.1) is 0 Å². The van der Waals surface area contributed by atoms with Gasteiger partial charge in [0.1, 0.15) is 0 Å². The van der Waals surface area contributed by atoms with Crippen molar-refractivity contribution in [1.82, 2.24) is 4.57 Å². The van der Waals surface area contributed by atoms with Crippen molar-refractivity contribution < 1.29 is 4.79 Å². The van der Waals surface area contributed by atoms with Crippen molar-refractivity contribution in [2.24, 2.45) is 4.99 Å². The number of hydrogen-bond donors (Lipinski definition) is 0. The summed E-state index contributed by atoms with van der Waals surface area (Å²) in [5.41, 5.74) is 3.08. The van der Waals surface area contributed by atoms with Gasteiger partial charge in [-0.2, -0.15) is 0 Å². The third kappa shape index (κ3) is 2.15. The van der Waals surface area contributed by atoms with Crippen molar-refractivity contribution in [3.05, 3.63) is 71.9 Å². The summed E-state index contributed by atoms with van der Waals surface area (Å²) in [6, 6.07) is 20.2. The fraction of sp³-hybridized carbons (Fsp3) is 0.158. The van der Waals surface area contributed by atoms with Crippen LogP contribution in [0.15, 0.2) is 65.7 Å². The highest BCUT2D eigenvalue weighted by atomic mass is 16.2. The molecule has 1 aliphatic heterocycles. The summed E-state index contributed by atoms with van der Waals surface area (Å²) in [7, 11) is 0. The van der Waals surface area contributed by atoms with Crippen LogP contribution in [0.4, 0.5) is 0 Å². The van der Waals surface area contributed by atoms with E-state index in [1.165, 1.54) is 0 Å². The van der Waals surface area contributed by atoms with E-state index in [4.69, 9.17) is 4.99 Å². The minimum absolute atomic E-state index is 0.0466. The molecule has 2 heterocycles. The first kappa shape index (κ1) is 13.0. The Kier molecular flexibility index (Phi) is 3.11. The van der Waals surface area contributed by atoms with Gasteiger partial charge in [-0.25, -0.2) is 0 Å². The van der Waals surface area contributed by atoms with Gasteiger partial charge in [-0.3, -0.25) is 14.4 Å². The number of carbonyl (C=O) groups is 1. The summed E-state index contributed by atoms with van der Waals surface area (Å²) in [5.74, 6) is 0.169. The Hall–Kier alpha value is -2.68. The van der Waals surface area contributed by atoms with E-state index in [2.05, 4.69) is 6.07 Å². The first-order valence-corrected chi connectivity index (χ1v) is 7.55. The number of aliphatic imine (C=N–C) groups is 1. The molecule has 0 N–H and O–H groups in total. The molecule has 1 atom stereocenters. The molecular weight excluding hydrogens is 272 g/mol. The maximum Gasteiger partial charge on any atom is 0.231 e. The maximum absolute atomic E-state index is 12.3. The molecule has 1 unspecified atom stereocenters. The Morgan fingerprint density at radius 2 is 1.82 bits per heavy atom. The van der Waals surface area contributed by atoms with Crippen LogP contribution in [0.1, 0.15) is 34.9 Å². The van der Waals surface area contributed by atoms with Gasteiger partial charge in [0.25, 0.3) is 0 Å². The van der Waals surface area contributed by atoms with Gasteiger partial charge in [0, 0.05) is 18.0 Å². The van der Waals surface area contributed by atoms with E-state index in [-0.39, 0.29) is 11.9 Å². The van der Waals surface area contributed by atoms with Crippen LogP contribution >= 0.6 is 0 Å². The lowest BCUT2D eigenvalue weighted by atomic mass is 10.0. The third-order valence-electron chi connectivity index (χ3n) is 4.16. The molecule has 3 heteroatoms. The summed E-state index contributed by atoms with van der Waals surface area (Å²) in [6.45, 7) is 0. The Labute approximate surface area is 128 Å². The predicted molar refractivity (Wildman–Crippen MR) is 88.6 cm³/mol. The minimum atomic E-state index is 0.0466. The van der Waals surface area contributed by atoms with E-state index in [1.807, 2.05) is 65.4 Å². The molecule has 22 heavy (non-hydrogen) atoms. The second kappa shape index (κ2) is 5.26. The monoisotopic (exact) mass is 288 g/mol. The molecule has 1 aromatic heterocycles. The van der Waals surface area contributed by atoms with Gasteiger partial charge in [-0.05, 0) is 24.1 Å². The molecule has 4 rings (SSSR count). The van der Waals surface area contributed by atoms with Crippen molar-refractivity contribution in [1.29, 1.82) is 0 Å². The summed E-state index contributed by atoms with van der Waals surface area (Å²) in [6.07, 6.45) is 3.23. The van der Waals surface area contributed by atoms with Crippen LogP contribution in [-0.2, 0) is 0 Å². The van der Waals surface area contributed by atoms with Crippen LogP contribution in [-0.4, -0.2) is 16.7 Å². The largest absolute Gasteiger partial charge is 0.283 e. The normalized spacial score (nSPS) is 18.0. The molecule has 0 aliphatic carbocycles. The average Bonchev–Trinajstić information content (AvgIpc) is 2.96. The van der Waals surface area contributed by atoms with Gasteiger partial charge in [0.15, 0.2) is 0 Å². The Bertz CT molecular complexity index is 862. The van der Waals surface area contributed by atoms with E-state index in [1.54, 1.807) is 0 Å². The smallest absolute Gasteiger partial charge is 0.231 e. The van der Waals surface area contributed by atoms with E-state index in [0.29, 0.717) is 6.42 Å². The number of fused-ring (bicyclic) bond motifs is 3. The van der Waals surface area contributed by atoms with E-state index < -0.39 is 0 Å².